The Morgan fingerprint density at radius 2 is 1.57 bits per heavy atom. The van der Waals surface area contributed by atoms with E-state index in [2.05, 4.69) is 5.32 Å². The maximum atomic E-state index is 12.4. The normalized spacial score (nSPS) is 14.9. The molecule has 3 aromatic carbocycles. The Morgan fingerprint density at radius 1 is 0.943 bits per heavy atom. The van der Waals surface area contributed by atoms with Gasteiger partial charge in [-0.3, -0.25) is 9.59 Å². The van der Waals surface area contributed by atoms with Crippen molar-refractivity contribution in [1.29, 1.82) is 0 Å². The van der Waals surface area contributed by atoms with Crippen LogP contribution in [-0.2, 0) is 16.0 Å². The topological polar surface area (TPSA) is 105 Å². The summed E-state index contributed by atoms with van der Waals surface area (Å²) in [6, 6.07) is 20.7. The zero-order chi connectivity index (χ0) is 24.8. The quantitative estimate of drug-likeness (QED) is 0.503. The monoisotopic (exact) mass is 474 g/mol. The molecule has 1 aliphatic heterocycles. The summed E-state index contributed by atoms with van der Waals surface area (Å²) in [6.07, 6.45) is 0.907. The van der Waals surface area contributed by atoms with Crippen molar-refractivity contribution in [3.63, 3.8) is 0 Å². The Morgan fingerprint density at radius 3 is 2.20 bits per heavy atom. The first-order valence-electron chi connectivity index (χ1n) is 11.3. The predicted octanol–water partition coefficient (Wildman–Crippen LogP) is 4.36. The maximum Gasteiger partial charge on any atom is 0.337 e. The van der Waals surface area contributed by atoms with E-state index in [0.717, 1.165) is 17.7 Å². The lowest BCUT2D eigenvalue weighted by molar-refractivity contribution is -0.128. The van der Waals surface area contributed by atoms with E-state index in [1.54, 1.807) is 54.3 Å². The molecule has 0 spiro atoms. The molecule has 8 heteroatoms. The van der Waals surface area contributed by atoms with Crippen LogP contribution < -0.4 is 14.8 Å². The Hall–Kier alpha value is -4.33. The molecule has 35 heavy (non-hydrogen) atoms. The van der Waals surface area contributed by atoms with Crippen LogP contribution in [0.4, 0.5) is 5.69 Å². The summed E-state index contributed by atoms with van der Waals surface area (Å²) in [5, 5.41) is 11.9. The third-order valence-electron chi connectivity index (χ3n) is 5.67. The largest absolute Gasteiger partial charge is 0.489 e. The number of likely N-dealkylation sites (tertiary alicyclic amines) is 1. The van der Waals surface area contributed by atoms with Crippen molar-refractivity contribution >= 4 is 23.5 Å². The van der Waals surface area contributed by atoms with Gasteiger partial charge in [-0.15, -0.1) is 0 Å². The van der Waals surface area contributed by atoms with Crippen LogP contribution in [0.15, 0.2) is 72.8 Å². The van der Waals surface area contributed by atoms with Crippen molar-refractivity contribution in [3.05, 3.63) is 83.9 Å². The van der Waals surface area contributed by atoms with Crippen molar-refractivity contribution in [3.8, 4) is 17.2 Å². The number of para-hydroxylation sites is 1. The number of ether oxygens (including phenoxy) is 2. The Bertz CT molecular complexity index is 1210. The van der Waals surface area contributed by atoms with E-state index in [0.29, 0.717) is 24.6 Å². The second-order valence-corrected chi connectivity index (χ2v) is 8.29. The molecule has 2 N–H and O–H groups in total. The fraction of sp³-hybridized carbons (Fsp3) is 0.222. The lowest BCUT2D eigenvalue weighted by Crippen LogP contribution is -2.28. The molecule has 1 unspecified atom stereocenters. The van der Waals surface area contributed by atoms with Crippen LogP contribution in [-0.4, -0.2) is 47.0 Å². The molecule has 1 atom stereocenters. The van der Waals surface area contributed by atoms with Crippen LogP contribution in [0, 0.1) is 0 Å². The van der Waals surface area contributed by atoms with Gasteiger partial charge in [0, 0.05) is 19.9 Å². The van der Waals surface area contributed by atoms with Gasteiger partial charge < -0.3 is 24.8 Å². The molecule has 0 aromatic heterocycles. The molecule has 8 nitrogen and oxygen atoms in total. The lowest BCUT2D eigenvalue weighted by Gasteiger charge is -2.15. The van der Waals surface area contributed by atoms with Crippen LogP contribution in [0.3, 0.4) is 0 Å². The van der Waals surface area contributed by atoms with Gasteiger partial charge in [-0.1, -0.05) is 24.3 Å². The number of carboxylic acids is 1. The summed E-state index contributed by atoms with van der Waals surface area (Å²) in [5.74, 6) is 0.641. The van der Waals surface area contributed by atoms with Crippen LogP contribution in [0.5, 0.6) is 17.2 Å². The molecule has 1 saturated heterocycles. The molecule has 4 rings (SSSR count). The highest BCUT2D eigenvalue weighted by Crippen LogP contribution is 2.26. The summed E-state index contributed by atoms with van der Waals surface area (Å²) in [4.78, 5) is 36.9. The molecule has 0 bridgehead atoms. The molecular weight excluding hydrogens is 448 g/mol. The zero-order valence-electron chi connectivity index (χ0n) is 19.3. The molecular formula is C27H26N2O6. The summed E-state index contributed by atoms with van der Waals surface area (Å²) in [7, 11) is 0. The molecule has 1 heterocycles. The molecule has 1 aliphatic rings. The standard InChI is InChI=1S/C27H26N2O6/c1-18(30)29-15-14-23(17-29)35-22-12-10-21(11-13-22)34-20-8-6-19(7-9-20)16-26(31)28-25-5-3-2-4-24(25)27(32)33/h2-13,23H,14-17H2,1H3,(H,28,31)(H,32,33). The van der Waals surface area contributed by atoms with Crippen LogP contribution in [0.2, 0.25) is 0 Å². The molecule has 3 aromatic rings. The van der Waals surface area contributed by atoms with Crippen LogP contribution in [0.25, 0.3) is 0 Å². The number of carbonyl (C=O) groups excluding carboxylic acids is 2. The Balaban J connectivity index is 1.29. The number of benzene rings is 3. The number of rotatable bonds is 8. The van der Waals surface area contributed by atoms with Gasteiger partial charge in [0.1, 0.15) is 23.4 Å². The first-order valence-corrected chi connectivity index (χ1v) is 11.3. The number of nitrogens with zero attached hydrogens (tertiary/aromatic N) is 1. The van der Waals surface area contributed by atoms with Gasteiger partial charge in [-0.2, -0.15) is 0 Å². The number of anilines is 1. The van der Waals surface area contributed by atoms with Crippen LogP contribution >= 0.6 is 0 Å². The zero-order valence-corrected chi connectivity index (χ0v) is 19.3. The lowest BCUT2D eigenvalue weighted by atomic mass is 10.1. The van der Waals surface area contributed by atoms with Crippen molar-refractivity contribution in [2.24, 2.45) is 0 Å². The predicted molar refractivity (Wildman–Crippen MR) is 130 cm³/mol. The third-order valence-corrected chi connectivity index (χ3v) is 5.67. The fourth-order valence-corrected chi connectivity index (χ4v) is 3.86. The minimum atomic E-state index is -1.10. The van der Waals surface area contributed by atoms with Gasteiger partial charge >= 0.3 is 5.97 Å². The van der Waals surface area contributed by atoms with Gasteiger partial charge in [0.15, 0.2) is 0 Å². The van der Waals surface area contributed by atoms with Gasteiger partial charge in [-0.25, -0.2) is 4.79 Å². The van der Waals surface area contributed by atoms with Crippen molar-refractivity contribution in [2.45, 2.75) is 25.9 Å². The summed E-state index contributed by atoms with van der Waals surface area (Å²) in [6.45, 7) is 2.88. The second kappa shape index (κ2) is 10.7. The average Bonchev–Trinajstić information content (AvgIpc) is 3.31. The maximum absolute atomic E-state index is 12.4. The highest BCUT2D eigenvalue weighted by molar-refractivity contribution is 6.01. The van der Waals surface area contributed by atoms with E-state index in [1.807, 2.05) is 24.3 Å². The number of hydrogen-bond acceptors (Lipinski definition) is 5. The summed E-state index contributed by atoms with van der Waals surface area (Å²) >= 11 is 0. The van der Waals surface area contributed by atoms with Gasteiger partial charge in [0.2, 0.25) is 11.8 Å². The Kier molecular flexibility index (Phi) is 7.30. The number of carboxylic acid groups (broad SMARTS) is 1. The average molecular weight is 475 g/mol. The second-order valence-electron chi connectivity index (χ2n) is 8.29. The number of carbonyl (C=O) groups is 3. The Labute approximate surface area is 203 Å². The first-order chi connectivity index (χ1) is 16.9. The fourth-order valence-electron chi connectivity index (χ4n) is 3.86. The van der Waals surface area contributed by atoms with Gasteiger partial charge in [0.05, 0.1) is 24.2 Å². The van der Waals surface area contributed by atoms with E-state index in [-0.39, 0.29) is 35.6 Å². The van der Waals surface area contributed by atoms with Gasteiger partial charge in [-0.05, 0) is 54.1 Å². The van der Waals surface area contributed by atoms with E-state index in [9.17, 15) is 19.5 Å². The highest BCUT2D eigenvalue weighted by Gasteiger charge is 2.25. The minimum Gasteiger partial charge on any atom is -0.489 e. The molecule has 0 saturated carbocycles. The summed E-state index contributed by atoms with van der Waals surface area (Å²) < 4.78 is 11.8. The molecule has 1 fully saturated rings. The van der Waals surface area contributed by atoms with E-state index >= 15 is 0 Å². The molecule has 0 radical (unpaired) electrons. The molecule has 2 amide bonds. The van der Waals surface area contributed by atoms with Crippen molar-refractivity contribution in [1.82, 2.24) is 4.90 Å². The first kappa shape index (κ1) is 23.8. The van der Waals surface area contributed by atoms with Crippen molar-refractivity contribution in [2.75, 3.05) is 18.4 Å². The third kappa shape index (κ3) is 6.38. The molecule has 180 valence electrons. The number of nitrogens with one attached hydrogen (secondary N) is 1. The van der Waals surface area contributed by atoms with E-state index < -0.39 is 5.97 Å². The van der Waals surface area contributed by atoms with Gasteiger partial charge in [0.25, 0.3) is 0 Å². The highest BCUT2D eigenvalue weighted by atomic mass is 16.5. The molecule has 0 aliphatic carbocycles. The number of amides is 2. The van der Waals surface area contributed by atoms with Crippen LogP contribution in [0.1, 0.15) is 29.3 Å². The smallest absolute Gasteiger partial charge is 0.337 e. The van der Waals surface area contributed by atoms with Crippen molar-refractivity contribution < 1.29 is 29.0 Å². The SMILES string of the molecule is CC(=O)N1CCC(Oc2ccc(Oc3ccc(CC(=O)Nc4ccccc4C(=O)O)cc3)cc2)C1. The minimum absolute atomic E-state index is 0.00646. The van der Waals surface area contributed by atoms with E-state index in [4.69, 9.17) is 9.47 Å². The summed E-state index contributed by atoms with van der Waals surface area (Å²) in [5.41, 5.74) is 1.08. The number of hydrogen-bond donors (Lipinski definition) is 2. The number of aromatic carboxylic acids is 1. The van der Waals surface area contributed by atoms with E-state index in [1.165, 1.54) is 6.07 Å².